The van der Waals surface area contributed by atoms with Gasteiger partial charge in [-0.05, 0) is 36.3 Å². The molecule has 0 saturated carbocycles. The summed E-state index contributed by atoms with van der Waals surface area (Å²) >= 11 is 0. The summed E-state index contributed by atoms with van der Waals surface area (Å²) in [7, 11) is 2.98. The number of methoxy groups -OCH3 is 2. The molecule has 1 aliphatic rings. The molecule has 8 heteroatoms. The maximum absolute atomic E-state index is 12.8. The van der Waals surface area contributed by atoms with Crippen LogP contribution < -0.4 is 14.8 Å². The van der Waals surface area contributed by atoms with Gasteiger partial charge in [-0.25, -0.2) is 4.79 Å². The number of benzene rings is 1. The molecule has 2 rings (SSSR count). The summed E-state index contributed by atoms with van der Waals surface area (Å²) in [6.07, 6.45) is 1.08. The first-order valence-electron chi connectivity index (χ1n) is 10.6. The smallest absolute Gasteiger partial charge is 0.329 e. The van der Waals surface area contributed by atoms with E-state index in [4.69, 9.17) is 14.2 Å². The Morgan fingerprint density at radius 1 is 1.03 bits per heavy atom. The Balaban J connectivity index is 2.01. The average molecular weight is 435 g/mol. The normalized spacial score (nSPS) is 19.5. The van der Waals surface area contributed by atoms with Gasteiger partial charge in [0.2, 0.25) is 0 Å². The molecule has 8 nitrogen and oxygen atoms in total. The van der Waals surface area contributed by atoms with Crippen molar-refractivity contribution < 1.29 is 28.6 Å². The van der Waals surface area contributed by atoms with Crippen molar-refractivity contribution in [2.75, 3.05) is 33.9 Å². The standard InChI is InChI=1S/C23H34N2O6/c1-14(2)21(24-22(27)17-8-18(29-5)10-19(9-17)30-6)23(28)31-13-20(26)25-11-15(3)7-16(4)12-25/h8-10,14-16,21H,7,11-13H2,1-6H3,(H,24,27)/t15?,16?,21-/m0/s1. The highest BCUT2D eigenvalue weighted by Gasteiger charge is 2.29. The molecule has 2 unspecified atom stereocenters. The lowest BCUT2D eigenvalue weighted by Crippen LogP contribution is -2.47. The fourth-order valence-electron chi connectivity index (χ4n) is 3.84. The fourth-order valence-corrected chi connectivity index (χ4v) is 3.84. The van der Waals surface area contributed by atoms with E-state index in [1.165, 1.54) is 14.2 Å². The van der Waals surface area contributed by atoms with Gasteiger partial charge < -0.3 is 24.4 Å². The molecule has 0 spiro atoms. The number of carbonyl (C=O) groups excluding carboxylic acids is 3. The van der Waals surface area contributed by atoms with Crippen molar-refractivity contribution in [1.82, 2.24) is 10.2 Å². The zero-order valence-electron chi connectivity index (χ0n) is 19.3. The van der Waals surface area contributed by atoms with Gasteiger partial charge in [-0.15, -0.1) is 0 Å². The Morgan fingerprint density at radius 2 is 1.58 bits per heavy atom. The van der Waals surface area contributed by atoms with Gasteiger partial charge in [0.1, 0.15) is 17.5 Å². The van der Waals surface area contributed by atoms with Gasteiger partial charge in [0.25, 0.3) is 11.8 Å². The van der Waals surface area contributed by atoms with E-state index < -0.39 is 17.9 Å². The topological polar surface area (TPSA) is 94.2 Å². The van der Waals surface area contributed by atoms with E-state index in [2.05, 4.69) is 19.2 Å². The lowest BCUT2D eigenvalue weighted by Gasteiger charge is -2.35. The maximum atomic E-state index is 12.8. The third-order valence-electron chi connectivity index (χ3n) is 5.38. The summed E-state index contributed by atoms with van der Waals surface area (Å²) in [5, 5.41) is 2.70. The minimum atomic E-state index is -0.892. The molecule has 0 radical (unpaired) electrons. The molecular formula is C23H34N2O6. The molecule has 0 bridgehead atoms. The number of piperidine rings is 1. The summed E-state index contributed by atoms with van der Waals surface area (Å²) < 4.78 is 15.7. The van der Waals surface area contributed by atoms with Crippen LogP contribution in [0.25, 0.3) is 0 Å². The largest absolute Gasteiger partial charge is 0.497 e. The fraction of sp³-hybridized carbons (Fsp3) is 0.609. The quantitative estimate of drug-likeness (QED) is 0.632. The van der Waals surface area contributed by atoms with Crippen molar-refractivity contribution >= 4 is 17.8 Å². The van der Waals surface area contributed by atoms with E-state index in [0.717, 1.165) is 6.42 Å². The predicted molar refractivity (Wildman–Crippen MR) is 116 cm³/mol. The van der Waals surface area contributed by atoms with Crippen molar-refractivity contribution in [3.8, 4) is 11.5 Å². The van der Waals surface area contributed by atoms with Crippen LogP contribution in [0.5, 0.6) is 11.5 Å². The molecule has 31 heavy (non-hydrogen) atoms. The Kier molecular flexibility index (Phi) is 8.71. The van der Waals surface area contributed by atoms with Gasteiger partial charge >= 0.3 is 5.97 Å². The zero-order chi connectivity index (χ0) is 23.1. The van der Waals surface area contributed by atoms with Crippen LogP contribution in [-0.4, -0.2) is 62.6 Å². The molecule has 1 aliphatic heterocycles. The molecule has 2 amide bonds. The number of hydrogen-bond acceptors (Lipinski definition) is 6. The van der Waals surface area contributed by atoms with Gasteiger partial charge in [0.15, 0.2) is 6.61 Å². The van der Waals surface area contributed by atoms with E-state index in [9.17, 15) is 14.4 Å². The number of likely N-dealkylation sites (tertiary alicyclic amines) is 1. The summed E-state index contributed by atoms with van der Waals surface area (Å²) in [6.45, 7) is 8.83. The highest BCUT2D eigenvalue weighted by molar-refractivity contribution is 5.97. The second-order valence-corrected chi connectivity index (χ2v) is 8.65. The number of nitrogens with zero attached hydrogens (tertiary/aromatic N) is 1. The summed E-state index contributed by atoms with van der Waals surface area (Å²) in [4.78, 5) is 39.7. The highest BCUT2D eigenvalue weighted by Crippen LogP contribution is 2.23. The number of rotatable bonds is 8. The van der Waals surface area contributed by atoms with Gasteiger partial charge in [0, 0.05) is 24.7 Å². The van der Waals surface area contributed by atoms with Crippen LogP contribution >= 0.6 is 0 Å². The van der Waals surface area contributed by atoms with Crippen molar-refractivity contribution in [3.63, 3.8) is 0 Å². The van der Waals surface area contributed by atoms with Crippen LogP contribution in [0.1, 0.15) is 44.5 Å². The Hall–Kier alpha value is -2.77. The first kappa shape index (κ1) is 24.5. The van der Waals surface area contributed by atoms with Gasteiger partial charge in [-0.3, -0.25) is 9.59 Å². The molecule has 1 fully saturated rings. The van der Waals surface area contributed by atoms with Crippen LogP contribution in [0.3, 0.4) is 0 Å². The number of esters is 1. The summed E-state index contributed by atoms with van der Waals surface area (Å²) in [6, 6.07) is 3.88. The molecule has 1 N–H and O–H groups in total. The van der Waals surface area contributed by atoms with Crippen LogP contribution in [0.4, 0.5) is 0 Å². The van der Waals surface area contributed by atoms with Crippen LogP contribution in [0, 0.1) is 17.8 Å². The molecule has 3 atom stereocenters. The van der Waals surface area contributed by atoms with E-state index in [1.807, 2.05) is 0 Å². The third-order valence-corrected chi connectivity index (χ3v) is 5.38. The average Bonchev–Trinajstić information content (AvgIpc) is 2.73. The van der Waals surface area contributed by atoms with Crippen molar-refractivity contribution in [2.45, 2.75) is 40.2 Å². The van der Waals surface area contributed by atoms with E-state index in [1.54, 1.807) is 36.9 Å². The van der Waals surface area contributed by atoms with Gasteiger partial charge in [-0.2, -0.15) is 0 Å². The second-order valence-electron chi connectivity index (χ2n) is 8.65. The number of nitrogens with one attached hydrogen (secondary N) is 1. The molecule has 1 saturated heterocycles. The summed E-state index contributed by atoms with van der Waals surface area (Å²) in [5.74, 6) is 0.235. The van der Waals surface area contributed by atoms with E-state index in [-0.39, 0.29) is 18.4 Å². The maximum Gasteiger partial charge on any atom is 0.329 e. The second kappa shape index (κ2) is 11.0. The number of hydrogen-bond donors (Lipinski definition) is 1. The zero-order valence-corrected chi connectivity index (χ0v) is 19.3. The van der Waals surface area contributed by atoms with Crippen LogP contribution in [0.15, 0.2) is 18.2 Å². The SMILES string of the molecule is COc1cc(OC)cc(C(=O)N[C@H](C(=O)OCC(=O)N2CC(C)CC(C)C2)C(C)C)c1. The number of ether oxygens (including phenoxy) is 3. The van der Waals surface area contributed by atoms with E-state index >= 15 is 0 Å². The van der Waals surface area contributed by atoms with Crippen molar-refractivity contribution in [3.05, 3.63) is 23.8 Å². The van der Waals surface area contributed by atoms with E-state index in [0.29, 0.717) is 42.0 Å². The highest BCUT2D eigenvalue weighted by atomic mass is 16.5. The Labute approximate surface area is 184 Å². The first-order chi connectivity index (χ1) is 14.6. The number of carbonyl (C=O) groups is 3. The van der Waals surface area contributed by atoms with Crippen molar-refractivity contribution in [2.24, 2.45) is 17.8 Å². The molecule has 0 aliphatic carbocycles. The minimum Gasteiger partial charge on any atom is -0.497 e. The molecular weight excluding hydrogens is 400 g/mol. The lowest BCUT2D eigenvalue weighted by molar-refractivity contribution is -0.155. The Morgan fingerprint density at radius 3 is 2.06 bits per heavy atom. The van der Waals surface area contributed by atoms with Crippen molar-refractivity contribution in [1.29, 1.82) is 0 Å². The monoisotopic (exact) mass is 434 g/mol. The molecule has 0 aromatic heterocycles. The lowest BCUT2D eigenvalue weighted by atomic mass is 9.92. The number of amides is 2. The molecule has 1 aromatic rings. The molecule has 172 valence electrons. The van der Waals surface area contributed by atoms with Gasteiger partial charge in [0.05, 0.1) is 14.2 Å². The summed E-state index contributed by atoms with van der Waals surface area (Å²) in [5.41, 5.74) is 0.294. The predicted octanol–water partition coefficient (Wildman–Crippen LogP) is 2.51. The first-order valence-corrected chi connectivity index (χ1v) is 10.6. The molecule has 1 aromatic carbocycles. The van der Waals surface area contributed by atoms with Crippen LogP contribution in [-0.2, 0) is 14.3 Å². The molecule has 1 heterocycles. The minimum absolute atomic E-state index is 0.210. The third kappa shape index (κ3) is 6.87. The Bertz CT molecular complexity index is 762. The van der Waals surface area contributed by atoms with Crippen LogP contribution in [0.2, 0.25) is 0 Å². The van der Waals surface area contributed by atoms with Gasteiger partial charge in [-0.1, -0.05) is 27.7 Å².